The summed E-state index contributed by atoms with van der Waals surface area (Å²) in [6, 6.07) is 0. The molecule has 0 aliphatic carbocycles. The first kappa shape index (κ1) is 17.4. The van der Waals surface area contributed by atoms with Gasteiger partial charge in [-0.3, -0.25) is 9.59 Å². The van der Waals surface area contributed by atoms with Crippen molar-refractivity contribution in [3.05, 3.63) is 11.6 Å². The number of hydrogen-bond donors (Lipinski definition) is 1. The quantitative estimate of drug-likeness (QED) is 0.788. The highest BCUT2D eigenvalue weighted by molar-refractivity contribution is 5.91. The van der Waals surface area contributed by atoms with E-state index in [1.54, 1.807) is 16.5 Å². The Balaban J connectivity index is 1.88. The van der Waals surface area contributed by atoms with Gasteiger partial charge in [0.15, 0.2) is 5.82 Å². The third kappa shape index (κ3) is 4.30. The summed E-state index contributed by atoms with van der Waals surface area (Å²) in [5.41, 5.74) is 0. The van der Waals surface area contributed by atoms with Gasteiger partial charge < -0.3 is 14.8 Å². The lowest BCUT2D eigenvalue weighted by Gasteiger charge is -2.23. The first-order chi connectivity index (χ1) is 11.1. The third-order valence-corrected chi connectivity index (χ3v) is 4.49. The van der Waals surface area contributed by atoms with Crippen LogP contribution in [0.5, 0.6) is 0 Å². The molecule has 1 aliphatic rings. The molecule has 0 aromatic carbocycles. The highest BCUT2D eigenvalue weighted by atomic mass is 16.2. The molecule has 7 heteroatoms. The zero-order valence-electron chi connectivity index (χ0n) is 14.3. The monoisotopic (exact) mass is 321 g/mol. The molecule has 1 aliphatic heterocycles. The van der Waals surface area contributed by atoms with Gasteiger partial charge in [-0.15, -0.1) is 10.2 Å². The van der Waals surface area contributed by atoms with Crippen LogP contribution in [-0.4, -0.2) is 45.1 Å². The topological polar surface area (TPSA) is 80.1 Å². The zero-order chi connectivity index (χ0) is 16.8. The first-order valence-electron chi connectivity index (χ1n) is 8.51. The number of carbonyl (C=O) groups is 2. The molecule has 1 unspecified atom stereocenters. The van der Waals surface area contributed by atoms with Gasteiger partial charge in [0.2, 0.25) is 11.7 Å². The van der Waals surface area contributed by atoms with Crippen molar-refractivity contribution in [2.75, 3.05) is 13.6 Å². The average molecular weight is 321 g/mol. The largest absolute Gasteiger partial charge is 0.349 e. The van der Waals surface area contributed by atoms with Crippen LogP contribution in [0.1, 0.15) is 62.4 Å². The van der Waals surface area contributed by atoms with E-state index < -0.39 is 0 Å². The van der Waals surface area contributed by atoms with Crippen molar-refractivity contribution in [2.24, 2.45) is 5.92 Å². The lowest BCUT2D eigenvalue weighted by molar-refractivity contribution is -0.122. The molecule has 0 fully saturated rings. The Morgan fingerprint density at radius 3 is 2.78 bits per heavy atom. The average Bonchev–Trinajstić information content (AvgIpc) is 2.96. The predicted molar refractivity (Wildman–Crippen MR) is 86.8 cm³/mol. The molecule has 2 heterocycles. The molecule has 0 spiro atoms. The number of fused-ring (bicyclic) bond motifs is 1. The first-order valence-corrected chi connectivity index (χ1v) is 8.51. The van der Waals surface area contributed by atoms with E-state index >= 15 is 0 Å². The van der Waals surface area contributed by atoms with Gasteiger partial charge in [0.1, 0.15) is 0 Å². The summed E-state index contributed by atoms with van der Waals surface area (Å²) in [4.78, 5) is 25.7. The van der Waals surface area contributed by atoms with Crippen LogP contribution in [0, 0.1) is 5.92 Å². The minimum atomic E-state index is -0.119. The lowest BCUT2D eigenvalue weighted by atomic mass is 9.95. The molecule has 1 aromatic rings. The van der Waals surface area contributed by atoms with Crippen LogP contribution in [0.4, 0.5) is 0 Å². The zero-order valence-corrected chi connectivity index (χ0v) is 14.3. The second-order valence-electron chi connectivity index (χ2n) is 6.22. The Morgan fingerprint density at radius 1 is 1.30 bits per heavy atom. The molecular weight excluding hydrogens is 294 g/mol. The van der Waals surface area contributed by atoms with Crippen molar-refractivity contribution in [1.82, 2.24) is 25.0 Å². The number of nitrogens with one attached hydrogen (secondary N) is 1. The van der Waals surface area contributed by atoms with Crippen LogP contribution in [0.15, 0.2) is 0 Å². The van der Waals surface area contributed by atoms with E-state index in [1.165, 1.54) is 6.42 Å². The Bertz CT molecular complexity index is 555. The Labute approximate surface area is 137 Å². The number of aromatic nitrogens is 3. The van der Waals surface area contributed by atoms with Crippen LogP contribution in [-0.2, 0) is 17.9 Å². The Morgan fingerprint density at radius 2 is 2.09 bits per heavy atom. The van der Waals surface area contributed by atoms with Crippen molar-refractivity contribution in [3.63, 3.8) is 0 Å². The summed E-state index contributed by atoms with van der Waals surface area (Å²) in [5.74, 6) is 1.38. The maximum Gasteiger partial charge on any atom is 0.291 e. The van der Waals surface area contributed by atoms with Gasteiger partial charge in [-0.2, -0.15) is 0 Å². The van der Waals surface area contributed by atoms with Gasteiger partial charge in [-0.25, -0.2) is 0 Å². The smallest absolute Gasteiger partial charge is 0.291 e. The molecule has 2 rings (SSSR count). The summed E-state index contributed by atoms with van der Waals surface area (Å²) in [7, 11) is 1.75. The number of amides is 2. The minimum absolute atomic E-state index is 0.0459. The van der Waals surface area contributed by atoms with Crippen molar-refractivity contribution < 1.29 is 9.59 Å². The summed E-state index contributed by atoms with van der Waals surface area (Å²) >= 11 is 0. The summed E-state index contributed by atoms with van der Waals surface area (Å²) in [5, 5.41) is 10.9. The number of rotatable bonds is 8. The van der Waals surface area contributed by atoms with E-state index in [-0.39, 0.29) is 11.8 Å². The number of hydrogen-bond acceptors (Lipinski definition) is 4. The van der Waals surface area contributed by atoms with Crippen molar-refractivity contribution in [1.29, 1.82) is 0 Å². The normalized spacial score (nSPS) is 15.4. The molecule has 128 valence electrons. The molecule has 0 bridgehead atoms. The van der Waals surface area contributed by atoms with E-state index in [0.29, 0.717) is 43.6 Å². The van der Waals surface area contributed by atoms with E-state index in [1.807, 2.05) is 0 Å². The molecule has 1 atom stereocenters. The molecule has 0 saturated heterocycles. The van der Waals surface area contributed by atoms with E-state index in [4.69, 9.17) is 0 Å². The molecule has 23 heavy (non-hydrogen) atoms. The minimum Gasteiger partial charge on any atom is -0.349 e. The molecular formula is C16H27N5O2. The second kappa shape index (κ2) is 8.08. The molecule has 2 amide bonds. The van der Waals surface area contributed by atoms with Gasteiger partial charge in [-0.1, -0.05) is 33.1 Å². The van der Waals surface area contributed by atoms with Gasteiger partial charge in [-0.05, 0) is 12.3 Å². The fourth-order valence-corrected chi connectivity index (χ4v) is 2.84. The van der Waals surface area contributed by atoms with E-state index in [9.17, 15) is 9.59 Å². The van der Waals surface area contributed by atoms with Crippen LogP contribution >= 0.6 is 0 Å². The SMILES string of the molecule is CCCCC(CC)CC(=O)NCc1nnc2n1CCN(C)C2=O. The summed E-state index contributed by atoms with van der Waals surface area (Å²) in [6.07, 6.45) is 5.00. The number of unbranched alkanes of at least 4 members (excludes halogenated alkanes) is 1. The lowest BCUT2D eigenvalue weighted by Crippen LogP contribution is -2.38. The van der Waals surface area contributed by atoms with Crippen molar-refractivity contribution in [3.8, 4) is 0 Å². The van der Waals surface area contributed by atoms with Gasteiger partial charge >= 0.3 is 0 Å². The summed E-state index contributed by atoms with van der Waals surface area (Å²) in [6.45, 7) is 5.93. The molecule has 1 aromatic heterocycles. The highest BCUT2D eigenvalue weighted by Crippen LogP contribution is 2.16. The Hall–Kier alpha value is -1.92. The number of likely N-dealkylation sites (N-methyl/N-ethyl adjacent to an activating group) is 1. The standard InChI is InChI=1S/C16H27N5O2/c1-4-6-7-12(5-2)10-14(22)17-11-13-18-19-15-16(23)20(3)8-9-21(13)15/h12H,4-11H2,1-3H3,(H,17,22). The maximum atomic E-state index is 12.1. The fourth-order valence-electron chi connectivity index (χ4n) is 2.84. The predicted octanol–water partition coefficient (Wildman–Crippen LogP) is 1.59. The third-order valence-electron chi connectivity index (χ3n) is 4.49. The second-order valence-corrected chi connectivity index (χ2v) is 6.22. The molecule has 0 radical (unpaired) electrons. The van der Waals surface area contributed by atoms with Crippen LogP contribution in [0.25, 0.3) is 0 Å². The Kier molecular flexibility index (Phi) is 6.12. The molecule has 0 saturated carbocycles. The molecule has 1 N–H and O–H groups in total. The molecule has 7 nitrogen and oxygen atoms in total. The van der Waals surface area contributed by atoms with Crippen molar-refractivity contribution >= 4 is 11.8 Å². The van der Waals surface area contributed by atoms with Gasteiger partial charge in [0.05, 0.1) is 6.54 Å². The van der Waals surface area contributed by atoms with Crippen molar-refractivity contribution in [2.45, 2.75) is 59.0 Å². The highest BCUT2D eigenvalue weighted by Gasteiger charge is 2.26. The van der Waals surface area contributed by atoms with E-state index in [2.05, 4.69) is 29.4 Å². The summed E-state index contributed by atoms with van der Waals surface area (Å²) < 4.78 is 1.80. The van der Waals surface area contributed by atoms with Crippen LogP contribution < -0.4 is 5.32 Å². The number of nitrogens with zero attached hydrogens (tertiary/aromatic N) is 4. The maximum absolute atomic E-state index is 12.1. The number of carbonyl (C=O) groups excluding carboxylic acids is 2. The van der Waals surface area contributed by atoms with Crippen LogP contribution in [0.2, 0.25) is 0 Å². The van der Waals surface area contributed by atoms with Gasteiger partial charge in [0, 0.05) is 26.6 Å². The van der Waals surface area contributed by atoms with Gasteiger partial charge in [0.25, 0.3) is 5.91 Å². The van der Waals surface area contributed by atoms with E-state index in [0.717, 1.165) is 19.3 Å². The van der Waals surface area contributed by atoms with Crippen LogP contribution in [0.3, 0.4) is 0 Å². The fraction of sp³-hybridized carbons (Fsp3) is 0.750.